The third-order valence-electron chi connectivity index (χ3n) is 3.84. The van der Waals surface area contributed by atoms with Crippen LogP contribution in [0.25, 0.3) is 0 Å². The van der Waals surface area contributed by atoms with E-state index in [2.05, 4.69) is 10.6 Å². The second-order valence-electron chi connectivity index (χ2n) is 5.63. The molecule has 3 N–H and O–H groups in total. The number of hydrogen-bond donors (Lipinski definition) is 3. The van der Waals surface area contributed by atoms with Crippen molar-refractivity contribution < 1.29 is 9.90 Å². The normalized spacial score (nSPS) is 16.7. The quantitative estimate of drug-likeness (QED) is 0.790. The fourth-order valence-corrected chi connectivity index (χ4v) is 2.92. The SMILES string of the molecule is CN1CC(O)Cc2c(NC(=O)Nc3ccc(Cl)cc3)cccc21. The highest BCUT2D eigenvalue weighted by molar-refractivity contribution is 6.30. The van der Waals surface area contributed by atoms with Crippen molar-refractivity contribution in [3.05, 3.63) is 53.1 Å². The number of nitrogens with zero attached hydrogens (tertiary/aromatic N) is 1. The van der Waals surface area contributed by atoms with Gasteiger partial charge in [-0.3, -0.25) is 0 Å². The number of fused-ring (bicyclic) bond motifs is 1. The molecule has 23 heavy (non-hydrogen) atoms. The van der Waals surface area contributed by atoms with Gasteiger partial charge in [-0.05, 0) is 36.4 Å². The minimum atomic E-state index is -0.435. The summed E-state index contributed by atoms with van der Waals surface area (Å²) >= 11 is 5.83. The van der Waals surface area contributed by atoms with Crippen molar-refractivity contribution in [2.24, 2.45) is 0 Å². The lowest BCUT2D eigenvalue weighted by Gasteiger charge is -2.32. The largest absolute Gasteiger partial charge is 0.391 e. The van der Waals surface area contributed by atoms with E-state index in [9.17, 15) is 9.90 Å². The summed E-state index contributed by atoms with van der Waals surface area (Å²) in [4.78, 5) is 14.2. The zero-order chi connectivity index (χ0) is 16.4. The lowest BCUT2D eigenvalue weighted by Crippen LogP contribution is -2.36. The molecule has 0 spiro atoms. The molecule has 0 aromatic heterocycles. The average molecular weight is 332 g/mol. The maximum Gasteiger partial charge on any atom is 0.323 e. The Morgan fingerprint density at radius 1 is 1.22 bits per heavy atom. The molecule has 0 bridgehead atoms. The third kappa shape index (κ3) is 3.57. The van der Waals surface area contributed by atoms with Gasteiger partial charge in [0.25, 0.3) is 0 Å². The van der Waals surface area contributed by atoms with Gasteiger partial charge in [0.1, 0.15) is 0 Å². The van der Waals surface area contributed by atoms with Gasteiger partial charge in [0.15, 0.2) is 0 Å². The predicted molar refractivity (Wildman–Crippen MR) is 93.5 cm³/mol. The second-order valence-corrected chi connectivity index (χ2v) is 6.06. The molecule has 120 valence electrons. The van der Waals surface area contributed by atoms with Crippen molar-refractivity contribution in [2.45, 2.75) is 12.5 Å². The van der Waals surface area contributed by atoms with E-state index in [1.807, 2.05) is 30.1 Å². The summed E-state index contributed by atoms with van der Waals surface area (Å²) in [5.41, 5.74) is 3.34. The van der Waals surface area contributed by atoms with E-state index < -0.39 is 6.10 Å². The van der Waals surface area contributed by atoms with Crippen LogP contribution in [-0.4, -0.2) is 30.8 Å². The molecule has 1 atom stereocenters. The second kappa shape index (κ2) is 6.48. The van der Waals surface area contributed by atoms with E-state index in [-0.39, 0.29) is 6.03 Å². The van der Waals surface area contributed by atoms with Gasteiger partial charge in [-0.1, -0.05) is 17.7 Å². The summed E-state index contributed by atoms with van der Waals surface area (Å²) < 4.78 is 0. The van der Waals surface area contributed by atoms with E-state index in [1.54, 1.807) is 24.3 Å². The number of likely N-dealkylation sites (N-methyl/N-ethyl adjacent to an activating group) is 1. The molecule has 2 aromatic rings. The Kier molecular flexibility index (Phi) is 4.41. The van der Waals surface area contributed by atoms with E-state index in [0.29, 0.717) is 29.4 Å². The highest BCUT2D eigenvalue weighted by Crippen LogP contribution is 2.32. The van der Waals surface area contributed by atoms with Crippen LogP contribution in [0.2, 0.25) is 5.02 Å². The first-order valence-electron chi connectivity index (χ1n) is 7.37. The lowest BCUT2D eigenvalue weighted by molar-refractivity contribution is 0.177. The number of urea groups is 1. The van der Waals surface area contributed by atoms with Gasteiger partial charge in [-0.15, -0.1) is 0 Å². The Hall–Kier alpha value is -2.24. The third-order valence-corrected chi connectivity index (χ3v) is 4.09. The molecule has 0 aliphatic carbocycles. The molecule has 1 aliphatic rings. The summed E-state index contributed by atoms with van der Waals surface area (Å²) in [5, 5.41) is 16.2. The number of anilines is 3. The van der Waals surface area contributed by atoms with Crippen LogP contribution in [0.15, 0.2) is 42.5 Å². The number of benzene rings is 2. The van der Waals surface area contributed by atoms with Crippen molar-refractivity contribution in [3.8, 4) is 0 Å². The zero-order valence-corrected chi connectivity index (χ0v) is 13.5. The average Bonchev–Trinajstić information content (AvgIpc) is 2.50. The van der Waals surface area contributed by atoms with Gasteiger partial charge >= 0.3 is 6.03 Å². The van der Waals surface area contributed by atoms with Crippen LogP contribution in [0.4, 0.5) is 21.9 Å². The van der Waals surface area contributed by atoms with Gasteiger partial charge in [0, 0.05) is 47.7 Å². The topological polar surface area (TPSA) is 64.6 Å². The number of rotatable bonds is 2. The Labute approximate surface area is 139 Å². The van der Waals surface area contributed by atoms with Crippen molar-refractivity contribution >= 4 is 34.7 Å². The summed E-state index contributed by atoms with van der Waals surface area (Å²) in [7, 11) is 1.93. The molecular weight excluding hydrogens is 314 g/mol. The van der Waals surface area contributed by atoms with Crippen LogP contribution in [0.3, 0.4) is 0 Å². The fourth-order valence-electron chi connectivity index (χ4n) is 2.80. The monoisotopic (exact) mass is 331 g/mol. The lowest BCUT2D eigenvalue weighted by atomic mass is 9.98. The minimum absolute atomic E-state index is 0.330. The summed E-state index contributed by atoms with van der Waals surface area (Å²) in [5.74, 6) is 0. The number of halogens is 1. The van der Waals surface area contributed by atoms with Crippen molar-refractivity contribution in [2.75, 3.05) is 29.1 Å². The van der Waals surface area contributed by atoms with Gasteiger partial charge in [0.05, 0.1) is 6.10 Å². The number of hydrogen-bond acceptors (Lipinski definition) is 3. The van der Waals surface area contributed by atoms with Crippen molar-refractivity contribution in [3.63, 3.8) is 0 Å². The van der Waals surface area contributed by atoms with E-state index >= 15 is 0 Å². The first-order chi connectivity index (χ1) is 11.0. The smallest absolute Gasteiger partial charge is 0.323 e. The Balaban J connectivity index is 1.76. The number of nitrogens with one attached hydrogen (secondary N) is 2. The molecule has 1 aliphatic heterocycles. The van der Waals surface area contributed by atoms with Gasteiger partial charge < -0.3 is 20.6 Å². The predicted octanol–water partition coefficient (Wildman–Crippen LogP) is 3.34. The molecule has 1 unspecified atom stereocenters. The Bertz CT molecular complexity index is 718. The summed E-state index contributed by atoms with van der Waals surface area (Å²) in [6.45, 7) is 0.591. The highest BCUT2D eigenvalue weighted by atomic mass is 35.5. The van der Waals surface area contributed by atoms with Crippen LogP contribution in [0.5, 0.6) is 0 Å². The van der Waals surface area contributed by atoms with Gasteiger partial charge in [-0.2, -0.15) is 0 Å². The fraction of sp³-hybridized carbons (Fsp3) is 0.235. The Morgan fingerprint density at radius 2 is 1.96 bits per heavy atom. The molecule has 6 heteroatoms. The number of aliphatic hydroxyl groups is 1. The van der Waals surface area contributed by atoms with E-state index in [4.69, 9.17) is 11.6 Å². The first kappa shape index (κ1) is 15.6. The number of carbonyl (C=O) groups excluding carboxylic acids is 1. The van der Waals surface area contributed by atoms with Crippen LogP contribution in [0.1, 0.15) is 5.56 Å². The van der Waals surface area contributed by atoms with Gasteiger partial charge in [0.2, 0.25) is 0 Å². The molecular formula is C17H18ClN3O2. The van der Waals surface area contributed by atoms with E-state index in [1.165, 1.54) is 0 Å². The molecule has 0 saturated heterocycles. The first-order valence-corrected chi connectivity index (χ1v) is 7.75. The van der Waals surface area contributed by atoms with E-state index in [0.717, 1.165) is 11.3 Å². The molecule has 0 saturated carbocycles. The van der Waals surface area contributed by atoms with Gasteiger partial charge in [-0.25, -0.2) is 4.79 Å². The number of amides is 2. The zero-order valence-electron chi connectivity index (χ0n) is 12.7. The highest BCUT2D eigenvalue weighted by Gasteiger charge is 2.23. The number of aliphatic hydroxyl groups excluding tert-OH is 1. The van der Waals surface area contributed by atoms with Crippen LogP contribution in [-0.2, 0) is 6.42 Å². The molecule has 2 amide bonds. The van der Waals surface area contributed by atoms with Crippen LogP contribution in [0, 0.1) is 0 Å². The summed E-state index contributed by atoms with van der Waals surface area (Å²) in [6.07, 6.45) is 0.0895. The summed E-state index contributed by atoms with van der Waals surface area (Å²) in [6, 6.07) is 12.3. The standard InChI is InChI=1S/C17H18ClN3O2/c1-21-10-13(22)9-14-15(3-2-4-16(14)21)20-17(23)19-12-7-5-11(18)6-8-12/h2-8,13,22H,9-10H2,1H3,(H2,19,20,23). The maximum absolute atomic E-state index is 12.2. The van der Waals surface area contributed by atoms with Crippen LogP contribution >= 0.6 is 11.6 Å². The number of β-amino-alcohol motifs (C(OH)–C–C–N with tert-alkyl or cyclic N) is 1. The molecule has 3 rings (SSSR count). The molecule has 0 fully saturated rings. The van der Waals surface area contributed by atoms with Crippen LogP contribution < -0.4 is 15.5 Å². The molecule has 1 heterocycles. The van der Waals surface area contributed by atoms with Crippen molar-refractivity contribution in [1.82, 2.24) is 0 Å². The Morgan fingerprint density at radius 3 is 2.70 bits per heavy atom. The molecule has 5 nitrogen and oxygen atoms in total. The molecule has 0 radical (unpaired) electrons. The minimum Gasteiger partial charge on any atom is -0.391 e. The molecule has 2 aromatic carbocycles. The number of carbonyl (C=O) groups is 1. The van der Waals surface area contributed by atoms with Crippen molar-refractivity contribution in [1.29, 1.82) is 0 Å². The maximum atomic E-state index is 12.2.